The van der Waals surface area contributed by atoms with Gasteiger partial charge in [-0.1, -0.05) is 57.2 Å². The molecule has 0 fully saturated rings. The molecule has 3 atom stereocenters. The molecule has 0 bridgehead atoms. The number of rotatable bonds is 6. The van der Waals surface area contributed by atoms with Crippen LogP contribution < -0.4 is 15.5 Å². The van der Waals surface area contributed by atoms with Crippen molar-refractivity contribution in [2.45, 2.75) is 58.4 Å². The highest BCUT2D eigenvalue weighted by atomic mass is 16.1. The molecule has 2 N–H and O–H groups in total. The lowest BCUT2D eigenvalue weighted by Gasteiger charge is -2.38. The molecule has 1 aliphatic carbocycles. The number of benzene rings is 3. The summed E-state index contributed by atoms with van der Waals surface area (Å²) in [5.74, 6) is 0.725. The molecule has 1 amide bonds. The maximum absolute atomic E-state index is 13.0. The van der Waals surface area contributed by atoms with Crippen LogP contribution in [0.15, 0.2) is 78.9 Å². The van der Waals surface area contributed by atoms with E-state index in [0.717, 1.165) is 30.9 Å². The Bertz CT molecular complexity index is 1280. The van der Waals surface area contributed by atoms with Crippen molar-refractivity contribution in [3.8, 4) is 0 Å². The van der Waals surface area contributed by atoms with Crippen molar-refractivity contribution in [3.63, 3.8) is 0 Å². The number of carbonyl (C=O) groups is 1. The van der Waals surface area contributed by atoms with E-state index in [-0.39, 0.29) is 17.4 Å². The first-order valence-electron chi connectivity index (χ1n) is 13.6. The lowest BCUT2D eigenvalue weighted by atomic mass is 9.77. The predicted molar refractivity (Wildman–Crippen MR) is 156 cm³/mol. The van der Waals surface area contributed by atoms with Gasteiger partial charge < -0.3 is 15.5 Å². The summed E-state index contributed by atoms with van der Waals surface area (Å²) in [6, 6.07) is 23.5. The average molecular weight is 494 g/mol. The molecular formula is C33H39N3O. The standard InChI is InChI=1S/C33H39N3O/c1-6-36(7-2)26-18-13-22(14-19-26)31-28-10-8-9-27(28)29-21-25(17-20-30(29)35-31)34-32(37)23-11-15-24(16-12-23)33(3,4)5/h8-9,11-21,27-28,31,35H,6-7,10H2,1-5H3,(H,34,37). The van der Waals surface area contributed by atoms with Crippen molar-refractivity contribution >= 4 is 23.0 Å². The molecule has 0 spiro atoms. The summed E-state index contributed by atoms with van der Waals surface area (Å²) >= 11 is 0. The van der Waals surface area contributed by atoms with Crippen LogP contribution >= 0.6 is 0 Å². The Hall–Kier alpha value is -3.53. The van der Waals surface area contributed by atoms with E-state index in [4.69, 9.17) is 0 Å². The molecule has 37 heavy (non-hydrogen) atoms. The third kappa shape index (κ3) is 5.02. The Labute approximate surface area is 221 Å². The van der Waals surface area contributed by atoms with Crippen molar-refractivity contribution in [3.05, 3.63) is 101 Å². The first-order chi connectivity index (χ1) is 17.8. The van der Waals surface area contributed by atoms with E-state index in [9.17, 15) is 4.79 Å². The molecule has 0 radical (unpaired) electrons. The third-order valence-electron chi connectivity index (χ3n) is 8.01. The van der Waals surface area contributed by atoms with Gasteiger partial charge in [0.2, 0.25) is 0 Å². The first-order valence-corrected chi connectivity index (χ1v) is 13.6. The van der Waals surface area contributed by atoms with Crippen LogP contribution in [0.25, 0.3) is 0 Å². The van der Waals surface area contributed by atoms with Gasteiger partial charge in [0.25, 0.3) is 5.91 Å². The van der Waals surface area contributed by atoms with Crippen LogP contribution in [0.1, 0.15) is 80.0 Å². The minimum Gasteiger partial charge on any atom is -0.378 e. The van der Waals surface area contributed by atoms with Gasteiger partial charge in [-0.3, -0.25) is 4.79 Å². The number of nitrogens with one attached hydrogen (secondary N) is 2. The number of fused-ring (bicyclic) bond motifs is 3. The summed E-state index contributed by atoms with van der Waals surface area (Å²) in [6.45, 7) is 13.0. The van der Waals surface area contributed by atoms with E-state index in [1.807, 2.05) is 30.3 Å². The Morgan fingerprint density at radius 2 is 1.68 bits per heavy atom. The van der Waals surface area contributed by atoms with Crippen LogP contribution in [0.2, 0.25) is 0 Å². The Morgan fingerprint density at radius 1 is 0.973 bits per heavy atom. The Kier molecular flexibility index (Phi) is 6.85. The average Bonchev–Trinajstić information content (AvgIpc) is 3.40. The summed E-state index contributed by atoms with van der Waals surface area (Å²) in [7, 11) is 0. The molecule has 0 aromatic heterocycles. The first kappa shape index (κ1) is 25.1. The second-order valence-corrected chi connectivity index (χ2v) is 11.3. The van der Waals surface area contributed by atoms with Crippen molar-refractivity contribution in [2.75, 3.05) is 28.6 Å². The van der Waals surface area contributed by atoms with Crippen molar-refractivity contribution in [2.24, 2.45) is 5.92 Å². The molecule has 4 nitrogen and oxygen atoms in total. The molecule has 2 aliphatic rings. The molecule has 1 aliphatic heterocycles. The lowest BCUT2D eigenvalue weighted by Crippen LogP contribution is -2.29. The maximum atomic E-state index is 13.0. The summed E-state index contributed by atoms with van der Waals surface area (Å²) < 4.78 is 0. The van der Waals surface area contributed by atoms with Crippen molar-refractivity contribution in [1.82, 2.24) is 0 Å². The fourth-order valence-corrected chi connectivity index (χ4v) is 5.81. The molecule has 0 saturated heterocycles. The largest absolute Gasteiger partial charge is 0.378 e. The zero-order valence-electron chi connectivity index (χ0n) is 22.7. The van der Waals surface area contributed by atoms with Gasteiger partial charge in [0, 0.05) is 41.6 Å². The van der Waals surface area contributed by atoms with Gasteiger partial charge in [0.05, 0.1) is 6.04 Å². The molecule has 3 aromatic carbocycles. The number of hydrogen-bond donors (Lipinski definition) is 2. The van der Waals surface area contributed by atoms with Crippen LogP contribution in [0, 0.1) is 5.92 Å². The number of amides is 1. The molecule has 0 saturated carbocycles. The van der Waals surface area contributed by atoms with Gasteiger partial charge in [-0.2, -0.15) is 0 Å². The van der Waals surface area contributed by atoms with Gasteiger partial charge in [-0.15, -0.1) is 0 Å². The van der Waals surface area contributed by atoms with E-state index in [1.165, 1.54) is 22.4 Å². The van der Waals surface area contributed by atoms with Gasteiger partial charge in [0.15, 0.2) is 0 Å². The van der Waals surface area contributed by atoms with E-state index < -0.39 is 0 Å². The second kappa shape index (κ2) is 10.1. The molecule has 5 rings (SSSR count). The highest BCUT2D eigenvalue weighted by Crippen LogP contribution is 2.50. The summed E-state index contributed by atoms with van der Waals surface area (Å²) in [5, 5.41) is 6.95. The Balaban J connectivity index is 1.35. The highest BCUT2D eigenvalue weighted by molar-refractivity contribution is 6.04. The minimum atomic E-state index is -0.0751. The monoisotopic (exact) mass is 493 g/mol. The number of hydrogen-bond acceptors (Lipinski definition) is 3. The number of carbonyl (C=O) groups excluding carboxylic acids is 1. The second-order valence-electron chi connectivity index (χ2n) is 11.3. The van der Waals surface area contributed by atoms with Crippen LogP contribution in [0.5, 0.6) is 0 Å². The number of anilines is 3. The number of nitrogens with zero attached hydrogens (tertiary/aromatic N) is 1. The van der Waals surface area contributed by atoms with Gasteiger partial charge >= 0.3 is 0 Å². The molecule has 3 aromatic rings. The number of allylic oxidation sites excluding steroid dienone is 2. The van der Waals surface area contributed by atoms with Crippen LogP contribution in [0.3, 0.4) is 0 Å². The van der Waals surface area contributed by atoms with Gasteiger partial charge in [-0.25, -0.2) is 0 Å². The lowest BCUT2D eigenvalue weighted by molar-refractivity contribution is 0.102. The van der Waals surface area contributed by atoms with Crippen LogP contribution in [0.4, 0.5) is 17.1 Å². The SMILES string of the molecule is CCN(CC)c1ccc(C2Nc3ccc(NC(=O)c4ccc(C(C)(C)C)cc4)cc3C3C=CCC32)cc1. The normalized spacial score (nSPS) is 20.1. The fraction of sp³-hybridized carbons (Fsp3) is 0.364. The summed E-state index contributed by atoms with van der Waals surface area (Å²) in [5.41, 5.74) is 7.82. The van der Waals surface area contributed by atoms with E-state index in [1.54, 1.807) is 0 Å². The molecule has 3 unspecified atom stereocenters. The van der Waals surface area contributed by atoms with E-state index in [0.29, 0.717) is 17.4 Å². The van der Waals surface area contributed by atoms with E-state index >= 15 is 0 Å². The zero-order valence-corrected chi connectivity index (χ0v) is 22.7. The molecular weight excluding hydrogens is 454 g/mol. The molecule has 192 valence electrons. The Morgan fingerprint density at radius 3 is 2.32 bits per heavy atom. The quantitative estimate of drug-likeness (QED) is 0.343. The van der Waals surface area contributed by atoms with Gasteiger partial charge in [-0.05, 0) is 90.8 Å². The van der Waals surface area contributed by atoms with Crippen molar-refractivity contribution in [1.29, 1.82) is 0 Å². The van der Waals surface area contributed by atoms with Crippen LogP contribution in [-0.4, -0.2) is 19.0 Å². The van der Waals surface area contributed by atoms with Gasteiger partial charge in [0.1, 0.15) is 0 Å². The maximum Gasteiger partial charge on any atom is 0.255 e. The summed E-state index contributed by atoms with van der Waals surface area (Å²) in [4.78, 5) is 15.4. The third-order valence-corrected chi connectivity index (χ3v) is 8.01. The van der Waals surface area contributed by atoms with Crippen molar-refractivity contribution < 1.29 is 4.79 Å². The smallest absolute Gasteiger partial charge is 0.255 e. The highest BCUT2D eigenvalue weighted by Gasteiger charge is 2.38. The van der Waals surface area contributed by atoms with Crippen LogP contribution in [-0.2, 0) is 5.41 Å². The zero-order chi connectivity index (χ0) is 26.2. The molecule has 1 heterocycles. The minimum absolute atomic E-state index is 0.0666. The van der Waals surface area contributed by atoms with E-state index in [2.05, 4.69) is 98.7 Å². The fourth-order valence-electron chi connectivity index (χ4n) is 5.81. The topological polar surface area (TPSA) is 44.4 Å². The predicted octanol–water partition coefficient (Wildman–Crippen LogP) is 7.91. The molecule has 4 heteroatoms. The summed E-state index contributed by atoms with van der Waals surface area (Å²) in [6.07, 6.45) is 5.71.